The highest BCUT2D eigenvalue weighted by Crippen LogP contribution is 2.22. The third-order valence-electron chi connectivity index (χ3n) is 4.71. The van der Waals surface area contributed by atoms with E-state index in [9.17, 15) is 9.59 Å². The lowest BCUT2D eigenvalue weighted by molar-refractivity contribution is -0.136. The normalized spacial score (nSPS) is 22.4. The molecule has 0 spiro atoms. The maximum absolute atomic E-state index is 12.7. The van der Waals surface area contributed by atoms with Gasteiger partial charge in [-0.3, -0.25) is 14.5 Å². The van der Waals surface area contributed by atoms with Crippen LogP contribution in [0.2, 0.25) is 5.02 Å². The molecular weight excluding hydrogens is 328 g/mol. The fourth-order valence-electron chi connectivity index (χ4n) is 3.39. The Hall–Kier alpha value is -1.43. The van der Waals surface area contributed by atoms with E-state index in [1.807, 2.05) is 11.0 Å². The van der Waals surface area contributed by atoms with Gasteiger partial charge in [-0.1, -0.05) is 23.7 Å². The van der Waals surface area contributed by atoms with Gasteiger partial charge >= 0.3 is 0 Å². The second-order valence-corrected chi connectivity index (χ2v) is 6.88. The first-order chi connectivity index (χ1) is 11.6. The molecule has 2 aliphatic heterocycles. The van der Waals surface area contributed by atoms with Gasteiger partial charge in [0.15, 0.2) is 5.78 Å². The summed E-state index contributed by atoms with van der Waals surface area (Å²) in [6.45, 7) is 4.45. The number of nitrogens with zero attached hydrogens (tertiary/aromatic N) is 2. The lowest BCUT2D eigenvalue weighted by Crippen LogP contribution is -2.48. The Balaban J connectivity index is 1.57. The SMILES string of the molecule is O=C(c1cccc(Cl)c1)[C@H]1CCCN(CC(=O)N2CCOCC2)C1. The van der Waals surface area contributed by atoms with Crippen molar-refractivity contribution in [2.45, 2.75) is 12.8 Å². The van der Waals surface area contributed by atoms with Crippen molar-refractivity contribution < 1.29 is 14.3 Å². The highest BCUT2D eigenvalue weighted by Gasteiger charge is 2.28. The molecular formula is C18H23ClN2O3. The number of Topliss-reactive ketones (excluding diaryl/α,β-unsaturated/α-hetero) is 1. The number of ketones is 1. The Bertz CT molecular complexity index is 602. The number of hydrogen-bond acceptors (Lipinski definition) is 4. The van der Waals surface area contributed by atoms with Gasteiger partial charge in [0.1, 0.15) is 0 Å². The van der Waals surface area contributed by atoms with Crippen LogP contribution in [0.5, 0.6) is 0 Å². The Morgan fingerprint density at radius 1 is 1.21 bits per heavy atom. The molecule has 24 heavy (non-hydrogen) atoms. The van der Waals surface area contributed by atoms with E-state index in [1.54, 1.807) is 18.2 Å². The summed E-state index contributed by atoms with van der Waals surface area (Å²) in [5, 5.41) is 0.580. The maximum atomic E-state index is 12.7. The molecule has 2 fully saturated rings. The molecule has 1 amide bonds. The molecule has 1 aromatic rings. The zero-order chi connectivity index (χ0) is 16.9. The van der Waals surface area contributed by atoms with Crippen molar-refractivity contribution in [1.82, 2.24) is 9.80 Å². The van der Waals surface area contributed by atoms with Gasteiger partial charge in [-0.2, -0.15) is 0 Å². The summed E-state index contributed by atoms with van der Waals surface area (Å²) in [4.78, 5) is 29.0. The van der Waals surface area contributed by atoms with E-state index in [0.717, 1.165) is 19.4 Å². The number of carbonyl (C=O) groups is 2. The molecule has 0 aromatic heterocycles. The van der Waals surface area contributed by atoms with Crippen molar-refractivity contribution >= 4 is 23.3 Å². The highest BCUT2D eigenvalue weighted by molar-refractivity contribution is 6.31. The average Bonchev–Trinajstić information content (AvgIpc) is 2.62. The summed E-state index contributed by atoms with van der Waals surface area (Å²) < 4.78 is 5.28. The van der Waals surface area contributed by atoms with Crippen LogP contribution in [0.4, 0.5) is 0 Å². The van der Waals surface area contributed by atoms with E-state index in [2.05, 4.69) is 4.90 Å². The van der Waals surface area contributed by atoms with E-state index >= 15 is 0 Å². The molecule has 0 N–H and O–H groups in total. The van der Waals surface area contributed by atoms with Crippen molar-refractivity contribution in [2.24, 2.45) is 5.92 Å². The number of amides is 1. The third-order valence-corrected chi connectivity index (χ3v) is 4.94. The molecule has 0 radical (unpaired) electrons. The number of carbonyl (C=O) groups excluding carboxylic acids is 2. The summed E-state index contributed by atoms with van der Waals surface area (Å²) in [5.74, 6) is 0.199. The lowest BCUT2D eigenvalue weighted by atomic mass is 9.90. The van der Waals surface area contributed by atoms with Crippen molar-refractivity contribution in [3.05, 3.63) is 34.9 Å². The minimum atomic E-state index is -0.0605. The van der Waals surface area contributed by atoms with Gasteiger partial charge in [-0.05, 0) is 31.5 Å². The zero-order valence-electron chi connectivity index (χ0n) is 13.7. The summed E-state index contributed by atoms with van der Waals surface area (Å²) >= 11 is 5.99. The van der Waals surface area contributed by atoms with Crippen LogP contribution >= 0.6 is 11.6 Å². The smallest absolute Gasteiger partial charge is 0.236 e. The molecule has 0 saturated carbocycles. The maximum Gasteiger partial charge on any atom is 0.236 e. The van der Waals surface area contributed by atoms with E-state index in [-0.39, 0.29) is 17.6 Å². The van der Waals surface area contributed by atoms with Gasteiger partial charge in [-0.25, -0.2) is 0 Å². The summed E-state index contributed by atoms with van der Waals surface area (Å²) in [6.07, 6.45) is 1.81. The quantitative estimate of drug-likeness (QED) is 0.780. The predicted molar refractivity (Wildman–Crippen MR) is 92.3 cm³/mol. The molecule has 130 valence electrons. The van der Waals surface area contributed by atoms with E-state index in [0.29, 0.717) is 50.0 Å². The van der Waals surface area contributed by atoms with E-state index in [1.165, 1.54) is 0 Å². The van der Waals surface area contributed by atoms with Crippen LogP contribution in [-0.2, 0) is 9.53 Å². The number of hydrogen-bond donors (Lipinski definition) is 0. The van der Waals surface area contributed by atoms with E-state index < -0.39 is 0 Å². The van der Waals surface area contributed by atoms with Crippen LogP contribution in [0.15, 0.2) is 24.3 Å². The molecule has 0 aliphatic carbocycles. The first-order valence-electron chi connectivity index (χ1n) is 8.51. The minimum absolute atomic E-state index is 0.0605. The minimum Gasteiger partial charge on any atom is -0.378 e. The number of rotatable bonds is 4. The summed E-state index contributed by atoms with van der Waals surface area (Å²) in [5.41, 5.74) is 0.661. The molecule has 2 saturated heterocycles. The molecule has 0 bridgehead atoms. The van der Waals surface area contributed by atoms with Gasteiger partial charge in [-0.15, -0.1) is 0 Å². The van der Waals surface area contributed by atoms with Gasteiger partial charge in [0.05, 0.1) is 19.8 Å². The first-order valence-corrected chi connectivity index (χ1v) is 8.89. The van der Waals surface area contributed by atoms with Crippen LogP contribution in [0.25, 0.3) is 0 Å². The Morgan fingerprint density at radius 3 is 2.75 bits per heavy atom. The van der Waals surface area contributed by atoms with Crippen molar-refractivity contribution in [1.29, 1.82) is 0 Å². The highest BCUT2D eigenvalue weighted by atomic mass is 35.5. The van der Waals surface area contributed by atoms with Crippen molar-refractivity contribution in [3.63, 3.8) is 0 Å². The fourth-order valence-corrected chi connectivity index (χ4v) is 3.58. The third kappa shape index (κ3) is 4.35. The molecule has 3 rings (SSSR count). The van der Waals surface area contributed by atoms with Crippen LogP contribution < -0.4 is 0 Å². The molecule has 1 atom stereocenters. The number of piperidine rings is 1. The van der Waals surface area contributed by atoms with Gasteiger partial charge in [0.25, 0.3) is 0 Å². The van der Waals surface area contributed by atoms with Crippen LogP contribution in [0.1, 0.15) is 23.2 Å². The van der Waals surface area contributed by atoms with E-state index in [4.69, 9.17) is 16.3 Å². The topological polar surface area (TPSA) is 49.9 Å². The monoisotopic (exact) mass is 350 g/mol. The van der Waals surface area contributed by atoms with Gasteiger partial charge in [0.2, 0.25) is 5.91 Å². The van der Waals surface area contributed by atoms with Crippen LogP contribution in [-0.4, -0.2) is 67.4 Å². The average molecular weight is 351 g/mol. The molecule has 0 unspecified atom stereocenters. The van der Waals surface area contributed by atoms with Crippen molar-refractivity contribution in [2.75, 3.05) is 45.9 Å². The Labute approximate surface area is 147 Å². The molecule has 1 aromatic carbocycles. The fraction of sp³-hybridized carbons (Fsp3) is 0.556. The molecule has 5 nitrogen and oxygen atoms in total. The van der Waals surface area contributed by atoms with Crippen LogP contribution in [0, 0.1) is 5.92 Å². The largest absolute Gasteiger partial charge is 0.378 e. The summed E-state index contributed by atoms with van der Waals surface area (Å²) in [6, 6.07) is 7.11. The Morgan fingerprint density at radius 2 is 2.00 bits per heavy atom. The lowest BCUT2D eigenvalue weighted by Gasteiger charge is -2.34. The number of benzene rings is 1. The second kappa shape index (κ2) is 8.10. The molecule has 2 heterocycles. The molecule has 6 heteroatoms. The summed E-state index contributed by atoms with van der Waals surface area (Å²) in [7, 11) is 0. The zero-order valence-corrected chi connectivity index (χ0v) is 14.5. The van der Waals surface area contributed by atoms with Crippen molar-refractivity contribution in [3.8, 4) is 0 Å². The molecule has 2 aliphatic rings. The number of likely N-dealkylation sites (tertiary alicyclic amines) is 1. The van der Waals surface area contributed by atoms with Gasteiger partial charge < -0.3 is 9.64 Å². The number of halogens is 1. The Kier molecular flexibility index (Phi) is 5.87. The van der Waals surface area contributed by atoms with Crippen LogP contribution in [0.3, 0.4) is 0 Å². The standard InChI is InChI=1S/C18H23ClN2O3/c19-16-5-1-3-14(11-16)18(23)15-4-2-6-20(12-15)13-17(22)21-7-9-24-10-8-21/h1,3,5,11,15H,2,4,6-10,12-13H2/t15-/m0/s1. The first kappa shape index (κ1) is 17.4. The number of morpholine rings is 1. The predicted octanol–water partition coefficient (Wildman–Crippen LogP) is 2.09. The second-order valence-electron chi connectivity index (χ2n) is 6.44. The van der Waals surface area contributed by atoms with Gasteiger partial charge in [0, 0.05) is 36.1 Å². The number of ether oxygens (including phenoxy) is 1.